The Labute approximate surface area is 131 Å². The quantitative estimate of drug-likeness (QED) is 0.508. The van der Waals surface area contributed by atoms with Crippen molar-refractivity contribution in [3.8, 4) is 0 Å². The summed E-state index contributed by atoms with van der Waals surface area (Å²) in [6, 6.07) is 3.31. The number of nitrogens with one attached hydrogen (secondary N) is 1. The fourth-order valence-electron chi connectivity index (χ4n) is 1.72. The van der Waals surface area contributed by atoms with Crippen molar-refractivity contribution in [2.24, 2.45) is 5.10 Å². The number of anilines is 1. The van der Waals surface area contributed by atoms with Gasteiger partial charge in [-0.15, -0.1) is 0 Å². The molecule has 0 radical (unpaired) electrons. The molecule has 8 heteroatoms. The van der Waals surface area contributed by atoms with Gasteiger partial charge in [-0.05, 0) is 11.6 Å². The lowest BCUT2D eigenvalue weighted by atomic mass is 10.2. The molecule has 0 bridgehead atoms. The summed E-state index contributed by atoms with van der Waals surface area (Å²) in [4.78, 5) is 20.3. The van der Waals surface area contributed by atoms with Gasteiger partial charge in [0.25, 0.3) is 5.69 Å². The maximum atomic E-state index is 11.0. The number of rotatable bonds is 5. The smallest absolute Gasteiger partial charge is 0.272 e. The third-order valence-electron chi connectivity index (χ3n) is 2.81. The molecular formula is C15H12N4O4. The van der Waals surface area contributed by atoms with E-state index in [0.717, 1.165) is 11.6 Å². The molecule has 0 saturated heterocycles. The minimum absolute atomic E-state index is 0.0720. The van der Waals surface area contributed by atoms with Crippen LogP contribution in [0.1, 0.15) is 0 Å². The zero-order valence-corrected chi connectivity index (χ0v) is 11.8. The summed E-state index contributed by atoms with van der Waals surface area (Å²) in [7, 11) is 0. The fourth-order valence-corrected chi connectivity index (χ4v) is 1.72. The lowest BCUT2D eigenvalue weighted by Crippen LogP contribution is -1.98. The molecule has 0 fully saturated rings. The fraction of sp³-hybridized carbons (Fsp3) is 0. The van der Waals surface area contributed by atoms with E-state index in [0.29, 0.717) is 0 Å². The topological polar surface area (TPSA) is 111 Å². The van der Waals surface area contributed by atoms with E-state index in [4.69, 9.17) is 0 Å². The van der Waals surface area contributed by atoms with Gasteiger partial charge in [-0.25, -0.2) is 0 Å². The van der Waals surface area contributed by atoms with Crippen LogP contribution in [0.2, 0.25) is 0 Å². The lowest BCUT2D eigenvalue weighted by molar-refractivity contribution is -0.393. The largest absolute Gasteiger partial charge is 0.301 e. The van der Waals surface area contributed by atoms with E-state index in [-0.39, 0.29) is 11.4 Å². The number of hydrogen-bond acceptors (Lipinski definition) is 6. The molecule has 116 valence electrons. The summed E-state index contributed by atoms with van der Waals surface area (Å²) >= 11 is 0. The first-order valence-corrected chi connectivity index (χ1v) is 6.51. The molecule has 0 unspecified atom stereocenters. The monoisotopic (exact) mass is 312 g/mol. The Morgan fingerprint density at radius 2 is 1.74 bits per heavy atom. The third kappa shape index (κ3) is 4.46. The Morgan fingerprint density at radius 1 is 1.00 bits per heavy atom. The van der Waals surface area contributed by atoms with Crippen LogP contribution in [0.4, 0.5) is 17.1 Å². The number of hydrazone groups is 1. The Balaban J connectivity index is 2.18. The maximum absolute atomic E-state index is 11.0. The van der Waals surface area contributed by atoms with Crippen LogP contribution in [-0.4, -0.2) is 16.1 Å². The number of allylic oxidation sites excluding steroid dienone is 8. The zero-order chi connectivity index (χ0) is 16.7. The predicted octanol–water partition coefficient (Wildman–Crippen LogP) is 3.51. The Hall–Kier alpha value is -3.55. The van der Waals surface area contributed by atoms with Gasteiger partial charge < -0.3 is 0 Å². The van der Waals surface area contributed by atoms with Gasteiger partial charge in [-0.2, -0.15) is 5.10 Å². The van der Waals surface area contributed by atoms with Crippen molar-refractivity contribution in [1.29, 1.82) is 0 Å². The van der Waals surface area contributed by atoms with E-state index >= 15 is 0 Å². The van der Waals surface area contributed by atoms with E-state index in [1.807, 2.05) is 42.5 Å². The number of benzene rings is 1. The molecule has 1 aromatic carbocycles. The second kappa shape index (κ2) is 7.46. The minimum Gasteiger partial charge on any atom is -0.272 e. The van der Waals surface area contributed by atoms with Gasteiger partial charge in [0.05, 0.1) is 22.1 Å². The van der Waals surface area contributed by atoms with E-state index in [1.165, 1.54) is 18.3 Å². The molecule has 0 amide bonds. The van der Waals surface area contributed by atoms with Crippen molar-refractivity contribution in [1.82, 2.24) is 0 Å². The highest BCUT2D eigenvalue weighted by Crippen LogP contribution is 2.28. The van der Waals surface area contributed by atoms with Crippen LogP contribution in [-0.2, 0) is 0 Å². The highest BCUT2D eigenvalue weighted by atomic mass is 16.6. The molecule has 0 atom stereocenters. The molecule has 2 rings (SSSR count). The average Bonchev–Trinajstić information content (AvgIpc) is 2.49. The van der Waals surface area contributed by atoms with Gasteiger partial charge in [0.1, 0.15) is 5.69 Å². The number of nitro benzene ring substituents is 2. The molecule has 1 aromatic rings. The van der Waals surface area contributed by atoms with E-state index in [2.05, 4.69) is 10.5 Å². The molecule has 0 aliphatic heterocycles. The SMILES string of the molecule is O=[N+]([O-])c1ccc(N/N=C/C2=C/C=C\C=C/C=C\2)c([N+](=O)[O-])c1. The van der Waals surface area contributed by atoms with Crippen LogP contribution in [0.3, 0.4) is 0 Å². The van der Waals surface area contributed by atoms with E-state index < -0.39 is 15.5 Å². The average molecular weight is 312 g/mol. The van der Waals surface area contributed by atoms with Crippen LogP contribution < -0.4 is 5.43 Å². The molecular weight excluding hydrogens is 300 g/mol. The van der Waals surface area contributed by atoms with E-state index in [9.17, 15) is 20.2 Å². The van der Waals surface area contributed by atoms with Gasteiger partial charge in [0.15, 0.2) is 0 Å². The number of hydrogen-bond donors (Lipinski definition) is 1. The summed E-state index contributed by atoms with van der Waals surface area (Å²) in [5, 5.41) is 25.6. The normalized spacial score (nSPS) is 19.9. The molecule has 0 heterocycles. The van der Waals surface area contributed by atoms with E-state index in [1.54, 1.807) is 0 Å². The first-order chi connectivity index (χ1) is 11.1. The predicted molar refractivity (Wildman–Crippen MR) is 87.4 cm³/mol. The number of nitrogens with zero attached hydrogens (tertiary/aromatic N) is 3. The summed E-state index contributed by atoms with van der Waals surface area (Å²) in [5.74, 6) is 0. The van der Waals surface area contributed by atoms with Gasteiger partial charge >= 0.3 is 5.69 Å². The van der Waals surface area contributed by atoms with Crippen molar-refractivity contribution in [3.63, 3.8) is 0 Å². The molecule has 8 nitrogen and oxygen atoms in total. The van der Waals surface area contributed by atoms with Crippen molar-refractivity contribution >= 4 is 23.3 Å². The van der Waals surface area contributed by atoms with Crippen LogP contribution in [0.25, 0.3) is 0 Å². The van der Waals surface area contributed by atoms with Gasteiger partial charge in [0.2, 0.25) is 0 Å². The van der Waals surface area contributed by atoms with Gasteiger partial charge in [0, 0.05) is 6.07 Å². The van der Waals surface area contributed by atoms with Gasteiger partial charge in [-0.1, -0.05) is 42.5 Å². The summed E-state index contributed by atoms with van der Waals surface area (Å²) in [6.45, 7) is 0. The molecule has 1 aliphatic carbocycles. The lowest BCUT2D eigenvalue weighted by Gasteiger charge is -2.02. The molecule has 1 N–H and O–H groups in total. The van der Waals surface area contributed by atoms with Crippen molar-refractivity contribution in [2.75, 3.05) is 5.43 Å². The van der Waals surface area contributed by atoms with Crippen LogP contribution in [0.5, 0.6) is 0 Å². The second-order valence-electron chi connectivity index (χ2n) is 4.38. The zero-order valence-electron chi connectivity index (χ0n) is 11.8. The van der Waals surface area contributed by atoms with Crippen molar-refractivity contribution in [2.45, 2.75) is 0 Å². The summed E-state index contributed by atoms with van der Waals surface area (Å²) in [6.07, 6.45) is 14.4. The minimum atomic E-state index is -0.701. The van der Waals surface area contributed by atoms with Crippen molar-refractivity contribution in [3.05, 3.63) is 86.5 Å². The molecule has 23 heavy (non-hydrogen) atoms. The number of nitro groups is 2. The third-order valence-corrected chi connectivity index (χ3v) is 2.81. The molecule has 0 aromatic heterocycles. The standard InChI is InChI=1S/C15H12N4O4/c20-18(21)13-8-9-14(15(10-13)19(22)23)17-16-11-12-6-4-2-1-3-5-7-12/h1-11,17H/b2-1-,3-1?,4-2?,5-3-,6-4-,7-5?,12-6?,12-7+,16-11+. The summed E-state index contributed by atoms with van der Waals surface area (Å²) < 4.78 is 0. The Kier molecular flexibility index (Phi) is 5.13. The second-order valence-corrected chi connectivity index (χ2v) is 4.38. The highest BCUT2D eigenvalue weighted by Gasteiger charge is 2.18. The van der Waals surface area contributed by atoms with Crippen LogP contribution in [0.15, 0.2) is 71.4 Å². The first kappa shape index (κ1) is 15.8. The Bertz CT molecular complexity index is 776. The van der Waals surface area contributed by atoms with Crippen molar-refractivity contribution < 1.29 is 9.85 Å². The number of non-ortho nitro benzene ring substituents is 1. The summed E-state index contributed by atoms with van der Waals surface area (Å²) in [5.41, 5.74) is 2.62. The van der Waals surface area contributed by atoms with Crippen LogP contribution >= 0.6 is 0 Å². The molecule has 1 aliphatic rings. The highest BCUT2D eigenvalue weighted by molar-refractivity contribution is 5.84. The van der Waals surface area contributed by atoms with Gasteiger partial charge in [-0.3, -0.25) is 25.7 Å². The first-order valence-electron chi connectivity index (χ1n) is 6.51. The van der Waals surface area contributed by atoms with Crippen LogP contribution in [0, 0.1) is 20.2 Å². The molecule has 0 spiro atoms. The molecule has 0 saturated carbocycles. The maximum Gasteiger partial charge on any atom is 0.301 e. The Morgan fingerprint density at radius 3 is 2.48 bits per heavy atom.